The van der Waals surface area contributed by atoms with E-state index >= 15 is 0 Å². The topological polar surface area (TPSA) is 39.4 Å². The van der Waals surface area contributed by atoms with Crippen LogP contribution in [0.4, 0.5) is 0 Å². The molecule has 0 spiro atoms. The van der Waals surface area contributed by atoms with Crippen LogP contribution in [0.2, 0.25) is 0 Å². The van der Waals surface area contributed by atoms with Gasteiger partial charge in [0, 0.05) is 10.9 Å². The van der Waals surface area contributed by atoms with Crippen LogP contribution < -0.4 is 0 Å². The Labute approximate surface area is 153 Å². The molecule has 120 valence electrons. The minimum Gasteiger partial charge on any atom is -0.462 e. The third-order valence-corrected chi connectivity index (χ3v) is 4.24. The Morgan fingerprint density at radius 2 is 1.96 bits per heavy atom. The monoisotopic (exact) mass is 438 g/mol. The van der Waals surface area contributed by atoms with Crippen LogP contribution >= 0.6 is 32.9 Å². The van der Waals surface area contributed by atoms with Crippen LogP contribution in [0.3, 0.4) is 0 Å². The summed E-state index contributed by atoms with van der Waals surface area (Å²) in [5, 5.41) is 0.994. The molecule has 3 nitrogen and oxygen atoms in total. The smallest absolute Gasteiger partial charge is 0.338 e. The van der Waals surface area contributed by atoms with E-state index in [1.54, 1.807) is 13.0 Å². The third kappa shape index (κ3) is 3.35. The van der Waals surface area contributed by atoms with Crippen LogP contribution in [0.15, 0.2) is 51.4 Å². The highest BCUT2D eigenvalue weighted by Crippen LogP contribution is 2.39. The van der Waals surface area contributed by atoms with E-state index in [1.807, 2.05) is 37.3 Å². The van der Waals surface area contributed by atoms with Gasteiger partial charge in [0.1, 0.15) is 11.3 Å². The zero-order valence-electron chi connectivity index (χ0n) is 12.8. The van der Waals surface area contributed by atoms with E-state index in [2.05, 4.69) is 22.0 Å². The summed E-state index contributed by atoms with van der Waals surface area (Å²) < 4.78 is 11.9. The molecule has 0 aliphatic heterocycles. The standard InChI is InChI=1S/C18H15BrO3.BrH/c1-3-21-18(20)13-7-5-4-6-12(13)17-16(19)14-10-11(2)8-9-15(14)22-17;/h4-10H,3H2,1-2H3;1H. The van der Waals surface area contributed by atoms with Gasteiger partial charge in [-0.3, -0.25) is 0 Å². The maximum absolute atomic E-state index is 12.1. The molecule has 0 amide bonds. The summed E-state index contributed by atoms with van der Waals surface area (Å²) in [4.78, 5) is 12.1. The highest BCUT2D eigenvalue weighted by molar-refractivity contribution is 9.10. The fraction of sp³-hybridized carbons (Fsp3) is 0.167. The van der Waals surface area contributed by atoms with Crippen molar-refractivity contribution in [1.82, 2.24) is 0 Å². The molecule has 0 radical (unpaired) electrons. The second-order valence-corrected chi connectivity index (χ2v) is 5.80. The minimum atomic E-state index is -0.346. The second kappa shape index (κ2) is 7.32. The molecule has 0 unspecified atom stereocenters. The number of hydrogen-bond donors (Lipinski definition) is 0. The number of aryl methyl sites for hydroxylation is 1. The van der Waals surface area contributed by atoms with Gasteiger partial charge < -0.3 is 9.15 Å². The van der Waals surface area contributed by atoms with Gasteiger partial charge in [0.25, 0.3) is 0 Å². The van der Waals surface area contributed by atoms with Crippen molar-refractivity contribution in [2.24, 2.45) is 0 Å². The molecule has 3 aromatic rings. The highest BCUT2D eigenvalue weighted by Gasteiger charge is 2.20. The number of fused-ring (bicyclic) bond motifs is 1. The van der Waals surface area contributed by atoms with Crippen LogP contribution in [-0.2, 0) is 4.74 Å². The number of ether oxygens (including phenoxy) is 1. The van der Waals surface area contributed by atoms with Gasteiger partial charge in [-0.1, -0.05) is 29.8 Å². The van der Waals surface area contributed by atoms with Crippen molar-refractivity contribution < 1.29 is 13.9 Å². The molecule has 1 heterocycles. The third-order valence-electron chi connectivity index (χ3n) is 3.45. The predicted octanol–water partition coefficient (Wildman–Crippen LogP) is 5.93. The van der Waals surface area contributed by atoms with Gasteiger partial charge in [0.05, 0.1) is 16.6 Å². The van der Waals surface area contributed by atoms with Crippen molar-refractivity contribution >= 4 is 49.8 Å². The summed E-state index contributed by atoms with van der Waals surface area (Å²) >= 11 is 3.60. The van der Waals surface area contributed by atoms with Crippen molar-refractivity contribution in [3.63, 3.8) is 0 Å². The van der Waals surface area contributed by atoms with Crippen molar-refractivity contribution in [3.05, 3.63) is 58.1 Å². The normalized spacial score (nSPS) is 10.4. The zero-order valence-corrected chi connectivity index (χ0v) is 16.1. The van der Waals surface area contributed by atoms with E-state index in [0.717, 1.165) is 26.6 Å². The van der Waals surface area contributed by atoms with Crippen LogP contribution in [0, 0.1) is 6.92 Å². The first kappa shape index (κ1) is 17.8. The molecule has 1 aromatic heterocycles. The van der Waals surface area contributed by atoms with Gasteiger partial charge in [-0.2, -0.15) is 0 Å². The molecule has 0 N–H and O–H groups in total. The molecule has 0 aliphatic carbocycles. The molecule has 3 rings (SSSR count). The van der Waals surface area contributed by atoms with E-state index in [9.17, 15) is 4.79 Å². The summed E-state index contributed by atoms with van der Waals surface area (Å²) in [5.74, 6) is 0.297. The summed E-state index contributed by atoms with van der Waals surface area (Å²) in [7, 11) is 0. The Kier molecular flexibility index (Phi) is 5.65. The first-order valence-corrected chi connectivity index (χ1v) is 7.86. The predicted molar refractivity (Wildman–Crippen MR) is 100 cm³/mol. The largest absolute Gasteiger partial charge is 0.462 e. The number of esters is 1. The fourth-order valence-electron chi connectivity index (χ4n) is 2.42. The maximum Gasteiger partial charge on any atom is 0.338 e. The molecular weight excluding hydrogens is 424 g/mol. The Bertz CT molecular complexity index is 853. The van der Waals surface area contributed by atoms with Crippen LogP contribution in [0.5, 0.6) is 0 Å². The molecule has 2 aromatic carbocycles. The first-order chi connectivity index (χ1) is 10.6. The highest BCUT2D eigenvalue weighted by atomic mass is 79.9. The number of furan rings is 1. The Morgan fingerprint density at radius 3 is 2.70 bits per heavy atom. The van der Waals surface area contributed by atoms with E-state index in [4.69, 9.17) is 9.15 Å². The van der Waals surface area contributed by atoms with Crippen LogP contribution in [-0.4, -0.2) is 12.6 Å². The second-order valence-electron chi connectivity index (χ2n) is 5.01. The molecule has 0 saturated heterocycles. The Balaban J connectivity index is 0.00000192. The summed E-state index contributed by atoms with van der Waals surface area (Å²) in [6.45, 7) is 4.17. The lowest BCUT2D eigenvalue weighted by Gasteiger charge is -2.07. The van der Waals surface area contributed by atoms with Crippen molar-refractivity contribution in [3.8, 4) is 11.3 Å². The van der Waals surface area contributed by atoms with Gasteiger partial charge in [0.2, 0.25) is 0 Å². The van der Waals surface area contributed by atoms with Gasteiger partial charge in [-0.05, 0) is 48.0 Å². The molecule has 0 atom stereocenters. The van der Waals surface area contributed by atoms with Gasteiger partial charge in [-0.25, -0.2) is 4.79 Å². The molecular formula is C18H16Br2O3. The van der Waals surface area contributed by atoms with E-state index in [0.29, 0.717) is 17.9 Å². The Morgan fingerprint density at radius 1 is 1.22 bits per heavy atom. The van der Waals surface area contributed by atoms with E-state index < -0.39 is 0 Å². The SMILES string of the molecule is Br.CCOC(=O)c1ccccc1-c1oc2ccc(C)cc2c1Br. The van der Waals surface area contributed by atoms with Crippen molar-refractivity contribution in [1.29, 1.82) is 0 Å². The number of rotatable bonds is 3. The molecule has 0 bridgehead atoms. The molecule has 0 saturated carbocycles. The number of carbonyl (C=O) groups excluding carboxylic acids is 1. The summed E-state index contributed by atoms with van der Waals surface area (Å²) in [6, 6.07) is 13.3. The molecule has 0 fully saturated rings. The molecule has 23 heavy (non-hydrogen) atoms. The van der Waals surface area contributed by atoms with Crippen molar-refractivity contribution in [2.45, 2.75) is 13.8 Å². The number of benzene rings is 2. The lowest BCUT2D eigenvalue weighted by atomic mass is 10.0. The van der Waals surface area contributed by atoms with Crippen molar-refractivity contribution in [2.75, 3.05) is 6.61 Å². The zero-order chi connectivity index (χ0) is 15.7. The number of carbonyl (C=O) groups is 1. The lowest BCUT2D eigenvalue weighted by molar-refractivity contribution is 0.0527. The quantitative estimate of drug-likeness (QED) is 0.475. The summed E-state index contributed by atoms with van der Waals surface area (Å²) in [6.07, 6.45) is 0. The fourth-order valence-corrected chi connectivity index (χ4v) is 3.03. The van der Waals surface area contributed by atoms with Gasteiger partial charge >= 0.3 is 5.97 Å². The van der Waals surface area contributed by atoms with Crippen LogP contribution in [0.1, 0.15) is 22.8 Å². The van der Waals surface area contributed by atoms with Crippen LogP contribution in [0.25, 0.3) is 22.3 Å². The van der Waals surface area contributed by atoms with E-state index in [1.165, 1.54) is 0 Å². The first-order valence-electron chi connectivity index (χ1n) is 7.07. The van der Waals surface area contributed by atoms with Gasteiger partial charge in [0.15, 0.2) is 0 Å². The summed E-state index contributed by atoms with van der Waals surface area (Å²) in [5.41, 5.74) is 3.16. The lowest BCUT2D eigenvalue weighted by Crippen LogP contribution is -2.06. The Hall–Kier alpha value is -1.59. The molecule has 5 heteroatoms. The number of hydrogen-bond acceptors (Lipinski definition) is 3. The maximum atomic E-state index is 12.1. The minimum absolute atomic E-state index is 0. The average molecular weight is 440 g/mol. The van der Waals surface area contributed by atoms with E-state index in [-0.39, 0.29) is 23.0 Å². The van der Waals surface area contributed by atoms with Gasteiger partial charge in [-0.15, -0.1) is 17.0 Å². The molecule has 0 aliphatic rings. The average Bonchev–Trinajstić information content (AvgIpc) is 2.84. The number of halogens is 2.